The number of aryl methyl sites for hydroxylation is 1. The number of nitrogens with zero attached hydrogens (tertiary/aromatic N) is 4. The minimum Gasteiger partial charge on any atom is -0.457 e. The van der Waals surface area contributed by atoms with Gasteiger partial charge in [0, 0.05) is 51.7 Å². The largest absolute Gasteiger partial charge is 0.457 e. The quantitative estimate of drug-likeness (QED) is 0.352. The fourth-order valence-corrected chi connectivity index (χ4v) is 5.27. The molecule has 2 aromatic heterocycles. The van der Waals surface area contributed by atoms with Gasteiger partial charge in [-0.05, 0) is 62.3 Å². The number of pyridine rings is 1. The third kappa shape index (κ3) is 6.23. The number of benzene rings is 2. The Bertz CT molecular complexity index is 1340. The van der Waals surface area contributed by atoms with Crippen LogP contribution in [0.15, 0.2) is 73.1 Å². The number of carbonyl (C=O) groups excluding carboxylic acids is 1. The molecule has 1 aliphatic heterocycles. The number of piperazine rings is 1. The first-order valence-corrected chi connectivity index (χ1v) is 13.4. The van der Waals surface area contributed by atoms with E-state index >= 15 is 0 Å². The van der Waals surface area contributed by atoms with Crippen molar-refractivity contribution >= 4 is 16.9 Å². The van der Waals surface area contributed by atoms with Crippen molar-refractivity contribution in [1.82, 2.24) is 24.7 Å². The zero-order chi connectivity index (χ0) is 26.5. The highest BCUT2D eigenvalue weighted by Gasteiger charge is 2.28. The fourth-order valence-electron chi connectivity index (χ4n) is 5.27. The average Bonchev–Trinajstić information content (AvgIpc) is 3.31. The number of nitrogens with one attached hydrogen (secondary N) is 1. The van der Waals surface area contributed by atoms with Gasteiger partial charge < -0.3 is 19.5 Å². The van der Waals surface area contributed by atoms with E-state index in [-0.39, 0.29) is 11.8 Å². The first-order chi connectivity index (χ1) is 18.5. The van der Waals surface area contributed by atoms with Crippen molar-refractivity contribution in [2.75, 3.05) is 46.8 Å². The molecule has 38 heavy (non-hydrogen) atoms. The topological polar surface area (TPSA) is 64.7 Å². The van der Waals surface area contributed by atoms with Crippen molar-refractivity contribution in [3.63, 3.8) is 0 Å². The Morgan fingerprint density at radius 3 is 2.45 bits per heavy atom. The molecule has 1 unspecified atom stereocenters. The predicted octanol–water partition coefficient (Wildman–Crippen LogP) is 4.73. The third-order valence-electron chi connectivity index (χ3n) is 7.23. The maximum atomic E-state index is 13.6. The molecule has 2 aromatic carbocycles. The molecular formula is C31H37N5O2. The Kier molecular flexibility index (Phi) is 8.05. The zero-order valence-corrected chi connectivity index (χ0v) is 22.6. The summed E-state index contributed by atoms with van der Waals surface area (Å²) in [6.07, 6.45) is 4.40. The molecule has 7 nitrogen and oxygen atoms in total. The fraction of sp³-hybridized carbons (Fsp3) is 0.355. The smallest absolute Gasteiger partial charge is 0.227 e. The molecule has 7 heteroatoms. The Balaban J connectivity index is 1.20. The summed E-state index contributed by atoms with van der Waals surface area (Å²) < 4.78 is 6.20. The summed E-state index contributed by atoms with van der Waals surface area (Å²) in [6, 6.07) is 20.6. The van der Waals surface area contributed by atoms with Gasteiger partial charge in [-0.25, -0.2) is 4.98 Å². The van der Waals surface area contributed by atoms with Crippen LogP contribution in [0.4, 0.5) is 0 Å². The maximum Gasteiger partial charge on any atom is 0.227 e. The van der Waals surface area contributed by atoms with Crippen LogP contribution in [-0.4, -0.2) is 77.4 Å². The lowest BCUT2D eigenvalue weighted by Crippen LogP contribution is -2.51. The first-order valence-electron chi connectivity index (χ1n) is 13.4. The van der Waals surface area contributed by atoms with Crippen molar-refractivity contribution in [2.45, 2.75) is 19.9 Å². The van der Waals surface area contributed by atoms with E-state index in [4.69, 9.17) is 4.74 Å². The van der Waals surface area contributed by atoms with E-state index in [9.17, 15) is 4.79 Å². The molecule has 4 aromatic rings. The van der Waals surface area contributed by atoms with Crippen LogP contribution < -0.4 is 4.74 Å². The average molecular weight is 512 g/mol. The predicted molar refractivity (Wildman–Crippen MR) is 151 cm³/mol. The highest BCUT2D eigenvalue weighted by atomic mass is 16.5. The number of amides is 1. The number of H-pyrrole nitrogens is 1. The van der Waals surface area contributed by atoms with E-state index in [1.165, 1.54) is 5.56 Å². The molecule has 1 aliphatic rings. The van der Waals surface area contributed by atoms with E-state index in [1.54, 1.807) is 6.20 Å². The second-order valence-electron chi connectivity index (χ2n) is 10.5. The number of ether oxygens (including phenoxy) is 1. The summed E-state index contributed by atoms with van der Waals surface area (Å²) in [7, 11) is 4.07. The Morgan fingerprint density at radius 1 is 1.00 bits per heavy atom. The van der Waals surface area contributed by atoms with Gasteiger partial charge in [0.25, 0.3) is 0 Å². The van der Waals surface area contributed by atoms with Crippen LogP contribution in [0.2, 0.25) is 0 Å². The number of carbonyl (C=O) groups is 1. The van der Waals surface area contributed by atoms with Gasteiger partial charge in [-0.15, -0.1) is 0 Å². The summed E-state index contributed by atoms with van der Waals surface area (Å²) in [6.45, 7) is 7.08. The van der Waals surface area contributed by atoms with E-state index in [0.29, 0.717) is 6.42 Å². The molecule has 3 heterocycles. The molecule has 0 bridgehead atoms. The second-order valence-corrected chi connectivity index (χ2v) is 10.5. The van der Waals surface area contributed by atoms with Crippen LogP contribution in [0.3, 0.4) is 0 Å². The number of aromatic nitrogens is 2. The Morgan fingerprint density at radius 2 is 1.74 bits per heavy atom. The summed E-state index contributed by atoms with van der Waals surface area (Å²) in [4.78, 5) is 27.7. The van der Waals surface area contributed by atoms with Gasteiger partial charge in [-0.2, -0.15) is 0 Å². The first kappa shape index (κ1) is 25.9. The van der Waals surface area contributed by atoms with Gasteiger partial charge >= 0.3 is 0 Å². The van der Waals surface area contributed by atoms with Gasteiger partial charge in [-0.3, -0.25) is 9.69 Å². The number of fused-ring (bicyclic) bond motifs is 1. The Hall–Kier alpha value is -3.68. The van der Waals surface area contributed by atoms with Gasteiger partial charge in [0.2, 0.25) is 5.91 Å². The van der Waals surface area contributed by atoms with Gasteiger partial charge in [0.05, 0.1) is 11.3 Å². The lowest BCUT2D eigenvalue weighted by atomic mass is 9.96. The minimum atomic E-state index is -0.0835. The molecule has 198 valence electrons. The van der Waals surface area contributed by atoms with Gasteiger partial charge in [0.15, 0.2) is 0 Å². The highest BCUT2D eigenvalue weighted by Crippen LogP contribution is 2.31. The molecule has 5 rings (SSSR count). The zero-order valence-electron chi connectivity index (χ0n) is 22.6. The van der Waals surface area contributed by atoms with Gasteiger partial charge in [-0.1, -0.05) is 42.5 Å². The monoisotopic (exact) mass is 511 g/mol. The Labute approximate surface area is 225 Å². The van der Waals surface area contributed by atoms with Crippen molar-refractivity contribution in [3.05, 3.63) is 89.7 Å². The molecule has 0 saturated carbocycles. The lowest BCUT2D eigenvalue weighted by molar-refractivity contribution is -0.137. The molecule has 1 fully saturated rings. The lowest BCUT2D eigenvalue weighted by Gasteiger charge is -2.37. The van der Waals surface area contributed by atoms with Crippen molar-refractivity contribution in [2.24, 2.45) is 5.92 Å². The van der Waals surface area contributed by atoms with Crippen molar-refractivity contribution in [1.29, 1.82) is 0 Å². The minimum absolute atomic E-state index is 0.0835. The van der Waals surface area contributed by atoms with E-state index in [0.717, 1.165) is 72.9 Å². The molecule has 0 aliphatic carbocycles. The number of hydrogen-bond acceptors (Lipinski definition) is 5. The molecule has 1 N–H and O–H groups in total. The van der Waals surface area contributed by atoms with E-state index < -0.39 is 0 Å². The van der Waals surface area contributed by atoms with Crippen LogP contribution in [0.5, 0.6) is 11.5 Å². The van der Waals surface area contributed by atoms with Crippen LogP contribution in [-0.2, 0) is 17.8 Å². The molecular weight excluding hydrogens is 474 g/mol. The van der Waals surface area contributed by atoms with E-state index in [2.05, 4.69) is 61.1 Å². The summed E-state index contributed by atoms with van der Waals surface area (Å²) >= 11 is 0. The summed E-state index contributed by atoms with van der Waals surface area (Å²) in [5.41, 5.74) is 4.38. The van der Waals surface area contributed by atoms with Crippen LogP contribution in [0.1, 0.15) is 16.7 Å². The highest BCUT2D eigenvalue weighted by molar-refractivity contribution is 5.86. The molecule has 1 atom stereocenters. The van der Waals surface area contributed by atoms with Crippen molar-refractivity contribution in [3.8, 4) is 11.5 Å². The van der Waals surface area contributed by atoms with E-state index in [1.807, 2.05) is 51.5 Å². The summed E-state index contributed by atoms with van der Waals surface area (Å²) in [5, 5.41) is 0.997. The maximum absolute atomic E-state index is 13.6. The molecule has 1 amide bonds. The summed E-state index contributed by atoms with van der Waals surface area (Å²) in [5.74, 6) is 1.72. The van der Waals surface area contributed by atoms with Crippen LogP contribution >= 0.6 is 0 Å². The number of hydrogen-bond donors (Lipinski definition) is 1. The SMILES string of the molecule is Cc1c[nH]c2nccc(Oc3ccc(CC(CN(C)C)C(=O)N4CCN(Cc5ccccc5)CC4)cc3)c12. The number of aromatic amines is 1. The normalized spacial score (nSPS) is 15.2. The second kappa shape index (κ2) is 11.8. The molecule has 0 radical (unpaired) electrons. The number of rotatable bonds is 9. The molecule has 1 saturated heterocycles. The standard InChI is InChI=1S/C31H37N5O2/c1-23-20-33-30-29(23)28(13-14-32-30)38-27-11-9-24(10-12-27)19-26(22-34(2)3)31(37)36-17-15-35(16-18-36)21-25-7-5-4-6-8-25/h4-14,20,26H,15-19,21-22H2,1-3H3,(H,32,33). The molecule has 0 spiro atoms. The van der Waals surface area contributed by atoms with Crippen molar-refractivity contribution < 1.29 is 9.53 Å². The third-order valence-corrected chi connectivity index (χ3v) is 7.23. The van der Waals surface area contributed by atoms with Crippen LogP contribution in [0, 0.1) is 12.8 Å². The van der Waals surface area contributed by atoms with Gasteiger partial charge in [0.1, 0.15) is 17.1 Å². The van der Waals surface area contributed by atoms with Crippen LogP contribution in [0.25, 0.3) is 11.0 Å².